The van der Waals surface area contributed by atoms with Crippen molar-refractivity contribution in [3.8, 4) is 0 Å². The fourth-order valence-electron chi connectivity index (χ4n) is 2.41. The molecule has 0 fully saturated rings. The summed E-state index contributed by atoms with van der Waals surface area (Å²) >= 11 is 1.44. The lowest BCUT2D eigenvalue weighted by Gasteiger charge is -2.11. The smallest absolute Gasteiger partial charge is 0.311 e. The van der Waals surface area contributed by atoms with E-state index in [1.54, 1.807) is 6.92 Å². The minimum absolute atomic E-state index is 0.193. The number of carbonyl (C=O) groups is 2. The zero-order chi connectivity index (χ0) is 16.5. The van der Waals surface area contributed by atoms with E-state index in [9.17, 15) is 9.59 Å². The Kier molecular flexibility index (Phi) is 7.20. The third kappa shape index (κ3) is 6.10. The molecule has 1 aromatic rings. The van der Waals surface area contributed by atoms with Gasteiger partial charge in [0.15, 0.2) is 5.78 Å². The number of esters is 1. The molecule has 1 aromatic carbocycles. The molecule has 5 heteroatoms. The topological polar surface area (TPSA) is 55.4 Å². The third-order valence-corrected chi connectivity index (χ3v) is 4.65. The first-order valence-electron chi connectivity index (χ1n) is 8.02. The highest BCUT2D eigenvalue weighted by atomic mass is 32.2. The van der Waals surface area contributed by atoms with Gasteiger partial charge in [-0.2, -0.15) is 0 Å². The molecule has 1 N–H and O–H groups in total. The van der Waals surface area contributed by atoms with Gasteiger partial charge in [0.25, 0.3) is 0 Å². The van der Waals surface area contributed by atoms with Gasteiger partial charge in [0.1, 0.15) is 5.37 Å². The summed E-state index contributed by atoms with van der Waals surface area (Å²) in [6.07, 6.45) is 3.68. The number of carbonyl (C=O) groups excluding carboxylic acids is 2. The Morgan fingerprint density at radius 2 is 2.00 bits per heavy atom. The van der Waals surface area contributed by atoms with Gasteiger partial charge in [-0.05, 0) is 37.2 Å². The SMILES string of the molecule is CCOC(=O)CC1=CSC(C(=O)CCCCc2ccccc2)N1. The third-order valence-electron chi connectivity index (χ3n) is 3.58. The number of nitrogens with one attached hydrogen (secondary N) is 1. The van der Waals surface area contributed by atoms with Gasteiger partial charge in [0.05, 0.1) is 13.0 Å². The first-order chi connectivity index (χ1) is 11.2. The van der Waals surface area contributed by atoms with E-state index in [-0.39, 0.29) is 23.5 Å². The summed E-state index contributed by atoms with van der Waals surface area (Å²) in [5.41, 5.74) is 2.09. The minimum Gasteiger partial charge on any atom is -0.466 e. The fraction of sp³-hybridized carbons (Fsp3) is 0.444. The zero-order valence-corrected chi connectivity index (χ0v) is 14.2. The largest absolute Gasteiger partial charge is 0.466 e. The van der Waals surface area contributed by atoms with Gasteiger partial charge in [0.2, 0.25) is 0 Å². The van der Waals surface area contributed by atoms with Crippen LogP contribution in [0.15, 0.2) is 41.4 Å². The van der Waals surface area contributed by atoms with Crippen molar-refractivity contribution in [1.82, 2.24) is 5.32 Å². The first-order valence-corrected chi connectivity index (χ1v) is 8.96. The van der Waals surface area contributed by atoms with Crippen molar-refractivity contribution in [2.75, 3.05) is 6.61 Å². The summed E-state index contributed by atoms with van der Waals surface area (Å²) in [5.74, 6) is -0.0685. The average molecular weight is 333 g/mol. The number of rotatable bonds is 9. The number of ether oxygens (including phenoxy) is 1. The zero-order valence-electron chi connectivity index (χ0n) is 13.4. The van der Waals surface area contributed by atoms with Crippen LogP contribution in [0, 0.1) is 0 Å². The van der Waals surface area contributed by atoms with Crippen molar-refractivity contribution < 1.29 is 14.3 Å². The van der Waals surface area contributed by atoms with Gasteiger partial charge < -0.3 is 10.1 Å². The number of hydrogen-bond donors (Lipinski definition) is 1. The van der Waals surface area contributed by atoms with Crippen LogP contribution in [-0.2, 0) is 20.7 Å². The highest BCUT2D eigenvalue weighted by Crippen LogP contribution is 2.25. The van der Waals surface area contributed by atoms with Crippen LogP contribution in [0.3, 0.4) is 0 Å². The molecule has 0 radical (unpaired) electrons. The Labute approximate surface area is 141 Å². The molecule has 1 unspecified atom stereocenters. The number of benzene rings is 1. The Morgan fingerprint density at radius 1 is 1.22 bits per heavy atom. The van der Waals surface area contributed by atoms with Crippen molar-refractivity contribution in [1.29, 1.82) is 0 Å². The molecular weight excluding hydrogens is 310 g/mol. The number of ketones is 1. The lowest BCUT2D eigenvalue weighted by Crippen LogP contribution is -2.30. The van der Waals surface area contributed by atoms with Gasteiger partial charge in [-0.15, -0.1) is 0 Å². The molecule has 23 heavy (non-hydrogen) atoms. The van der Waals surface area contributed by atoms with Crippen LogP contribution < -0.4 is 5.32 Å². The predicted octanol–water partition coefficient (Wildman–Crippen LogP) is 3.43. The standard InChI is InChI=1S/C18H23NO3S/c1-2-22-17(21)12-15-13-23-18(19-15)16(20)11-7-6-10-14-8-4-3-5-9-14/h3-5,8-9,13,18-19H,2,6-7,10-12H2,1H3. The van der Waals surface area contributed by atoms with E-state index >= 15 is 0 Å². The van der Waals surface area contributed by atoms with Crippen LogP contribution in [0.1, 0.15) is 38.2 Å². The van der Waals surface area contributed by atoms with Crippen molar-refractivity contribution in [3.63, 3.8) is 0 Å². The number of aryl methyl sites for hydroxylation is 1. The summed E-state index contributed by atoms with van der Waals surface area (Å²) in [6.45, 7) is 2.16. The average Bonchev–Trinajstić information content (AvgIpc) is 3.01. The molecule has 0 aromatic heterocycles. The monoisotopic (exact) mass is 333 g/mol. The number of Topliss-reactive ketones (excluding diaryl/α,β-unsaturated/α-hetero) is 1. The molecule has 0 bridgehead atoms. The van der Waals surface area contributed by atoms with Crippen LogP contribution in [-0.4, -0.2) is 23.7 Å². The van der Waals surface area contributed by atoms with Gasteiger partial charge in [0, 0.05) is 12.1 Å². The number of unbranched alkanes of at least 4 members (excludes halogenated alkanes) is 1. The van der Waals surface area contributed by atoms with Crippen LogP contribution >= 0.6 is 11.8 Å². The van der Waals surface area contributed by atoms with Gasteiger partial charge in [-0.3, -0.25) is 9.59 Å². The van der Waals surface area contributed by atoms with Crippen molar-refractivity contribution in [3.05, 3.63) is 47.0 Å². The molecule has 1 heterocycles. The fourth-order valence-corrected chi connectivity index (χ4v) is 3.35. The van der Waals surface area contributed by atoms with Crippen LogP contribution in [0.25, 0.3) is 0 Å². The summed E-state index contributed by atoms with van der Waals surface area (Å²) in [6, 6.07) is 10.3. The molecule has 4 nitrogen and oxygen atoms in total. The molecule has 0 aliphatic carbocycles. The van der Waals surface area contributed by atoms with Crippen LogP contribution in [0.5, 0.6) is 0 Å². The molecule has 0 saturated carbocycles. The van der Waals surface area contributed by atoms with E-state index in [0.717, 1.165) is 25.0 Å². The van der Waals surface area contributed by atoms with E-state index < -0.39 is 0 Å². The highest BCUT2D eigenvalue weighted by molar-refractivity contribution is 8.03. The molecule has 1 aliphatic heterocycles. The Bertz CT molecular complexity index is 557. The molecule has 0 amide bonds. The minimum atomic E-state index is -0.261. The summed E-state index contributed by atoms with van der Waals surface area (Å²) in [5, 5.41) is 4.71. The molecule has 1 atom stereocenters. The lowest BCUT2D eigenvalue weighted by molar-refractivity contribution is -0.142. The summed E-state index contributed by atoms with van der Waals surface area (Å²) in [4.78, 5) is 23.6. The number of hydrogen-bond acceptors (Lipinski definition) is 5. The summed E-state index contributed by atoms with van der Waals surface area (Å²) in [7, 11) is 0. The molecule has 0 saturated heterocycles. The Morgan fingerprint density at radius 3 is 2.74 bits per heavy atom. The summed E-state index contributed by atoms with van der Waals surface area (Å²) < 4.78 is 4.91. The molecule has 2 rings (SSSR count). The second kappa shape index (κ2) is 9.40. The quantitative estimate of drug-likeness (QED) is 0.554. The molecule has 124 valence electrons. The van der Waals surface area contributed by atoms with Gasteiger partial charge >= 0.3 is 5.97 Å². The van der Waals surface area contributed by atoms with Crippen LogP contribution in [0.2, 0.25) is 0 Å². The maximum Gasteiger partial charge on any atom is 0.311 e. The van der Waals surface area contributed by atoms with Crippen molar-refractivity contribution >= 4 is 23.5 Å². The molecular formula is C18H23NO3S. The maximum atomic E-state index is 12.2. The Hall–Kier alpha value is -1.75. The van der Waals surface area contributed by atoms with Crippen molar-refractivity contribution in [2.24, 2.45) is 0 Å². The van der Waals surface area contributed by atoms with Crippen molar-refractivity contribution in [2.45, 2.75) is 44.4 Å². The van der Waals surface area contributed by atoms with E-state index in [4.69, 9.17) is 4.74 Å². The van der Waals surface area contributed by atoms with Crippen LogP contribution in [0.4, 0.5) is 0 Å². The van der Waals surface area contributed by atoms with Gasteiger partial charge in [-0.25, -0.2) is 0 Å². The van der Waals surface area contributed by atoms with E-state index in [1.165, 1.54) is 17.3 Å². The number of thioether (sulfide) groups is 1. The highest BCUT2D eigenvalue weighted by Gasteiger charge is 2.24. The van der Waals surface area contributed by atoms with E-state index in [1.807, 2.05) is 23.6 Å². The lowest BCUT2D eigenvalue weighted by atomic mass is 10.1. The predicted molar refractivity (Wildman–Crippen MR) is 92.9 cm³/mol. The normalized spacial score (nSPS) is 16.6. The van der Waals surface area contributed by atoms with E-state index in [0.29, 0.717) is 13.0 Å². The Balaban J connectivity index is 1.63. The van der Waals surface area contributed by atoms with E-state index in [2.05, 4.69) is 17.4 Å². The first kappa shape index (κ1) is 17.6. The second-order valence-corrected chi connectivity index (χ2v) is 6.42. The molecule has 0 spiro atoms. The maximum absolute atomic E-state index is 12.2. The molecule has 1 aliphatic rings. The van der Waals surface area contributed by atoms with Gasteiger partial charge in [-0.1, -0.05) is 42.1 Å². The second-order valence-electron chi connectivity index (χ2n) is 5.44.